The maximum Gasteiger partial charge on any atom is 0.227 e. The van der Waals surface area contributed by atoms with Crippen LogP contribution < -0.4 is 11.1 Å². The fourth-order valence-electron chi connectivity index (χ4n) is 3.60. The van der Waals surface area contributed by atoms with Crippen molar-refractivity contribution in [2.75, 3.05) is 24.2 Å². The summed E-state index contributed by atoms with van der Waals surface area (Å²) in [6.45, 7) is 4.58. The number of thioether (sulfide) groups is 1. The van der Waals surface area contributed by atoms with Gasteiger partial charge in [0.2, 0.25) is 11.8 Å². The minimum absolute atomic E-state index is 0.0377. The van der Waals surface area contributed by atoms with Crippen molar-refractivity contribution in [2.24, 2.45) is 16.6 Å². The van der Waals surface area contributed by atoms with E-state index < -0.39 is 5.54 Å². The van der Waals surface area contributed by atoms with Gasteiger partial charge in [-0.25, -0.2) is 4.39 Å². The van der Waals surface area contributed by atoms with E-state index in [-0.39, 0.29) is 23.5 Å². The second-order valence-corrected chi connectivity index (χ2v) is 8.40. The third kappa shape index (κ3) is 4.43. The van der Waals surface area contributed by atoms with Crippen LogP contribution in [0.1, 0.15) is 38.7 Å². The number of rotatable bonds is 3. The summed E-state index contributed by atoms with van der Waals surface area (Å²) >= 11 is 1.46. The maximum absolute atomic E-state index is 14.5. The third-order valence-electron chi connectivity index (χ3n) is 5.32. The van der Waals surface area contributed by atoms with Crippen LogP contribution in [-0.4, -0.2) is 40.7 Å². The van der Waals surface area contributed by atoms with Crippen LogP contribution in [-0.2, 0) is 15.1 Å². The lowest BCUT2D eigenvalue weighted by molar-refractivity contribution is -0.132. The van der Waals surface area contributed by atoms with Crippen LogP contribution in [0.5, 0.6) is 0 Å². The number of carbonyl (C=O) groups excluding carboxylic acids is 2. The predicted molar refractivity (Wildman–Crippen MR) is 106 cm³/mol. The topological polar surface area (TPSA) is 87.8 Å². The Morgan fingerprint density at radius 1 is 1.37 bits per heavy atom. The van der Waals surface area contributed by atoms with E-state index in [1.807, 2.05) is 6.92 Å². The molecule has 27 heavy (non-hydrogen) atoms. The number of nitrogens with one attached hydrogen (secondary N) is 1. The molecule has 2 aliphatic heterocycles. The summed E-state index contributed by atoms with van der Waals surface area (Å²) in [6.07, 6.45) is 1.95. The highest BCUT2D eigenvalue weighted by Gasteiger charge is 2.33. The predicted octanol–water partition coefficient (Wildman–Crippen LogP) is 2.69. The number of hydrogen-bond donors (Lipinski definition) is 2. The average Bonchev–Trinajstić information content (AvgIpc) is 2.63. The third-order valence-corrected chi connectivity index (χ3v) is 6.12. The van der Waals surface area contributed by atoms with Crippen LogP contribution >= 0.6 is 11.8 Å². The van der Waals surface area contributed by atoms with Gasteiger partial charge in [0.25, 0.3) is 0 Å². The van der Waals surface area contributed by atoms with E-state index in [0.717, 1.165) is 5.75 Å². The summed E-state index contributed by atoms with van der Waals surface area (Å²) in [5, 5.41) is 3.35. The van der Waals surface area contributed by atoms with Gasteiger partial charge in [-0.3, -0.25) is 14.6 Å². The maximum atomic E-state index is 14.5. The smallest absolute Gasteiger partial charge is 0.227 e. The first-order valence-electron chi connectivity index (χ1n) is 9.13. The van der Waals surface area contributed by atoms with Crippen LogP contribution in [0, 0.1) is 11.7 Å². The van der Waals surface area contributed by atoms with E-state index in [1.54, 1.807) is 24.0 Å². The normalized spacial score (nSPS) is 23.7. The van der Waals surface area contributed by atoms with Crippen molar-refractivity contribution in [3.63, 3.8) is 0 Å². The molecule has 0 radical (unpaired) electrons. The quantitative estimate of drug-likeness (QED) is 0.828. The summed E-state index contributed by atoms with van der Waals surface area (Å²) in [5.74, 6) is 0.216. The van der Waals surface area contributed by atoms with E-state index in [1.165, 1.54) is 17.8 Å². The van der Waals surface area contributed by atoms with Crippen LogP contribution in [0.2, 0.25) is 0 Å². The van der Waals surface area contributed by atoms with Crippen molar-refractivity contribution in [3.05, 3.63) is 29.6 Å². The molecule has 146 valence electrons. The Morgan fingerprint density at radius 2 is 2.07 bits per heavy atom. The second kappa shape index (κ2) is 7.88. The van der Waals surface area contributed by atoms with Gasteiger partial charge < -0.3 is 16.0 Å². The van der Waals surface area contributed by atoms with Crippen molar-refractivity contribution in [1.29, 1.82) is 0 Å². The SMILES string of the molecule is CC(=O)N1CCC(C(=O)Nc2ccc(F)c(C3(C)CCSC(N)=N3)c2)CC1. The molecule has 0 spiro atoms. The molecule has 8 heteroatoms. The van der Waals surface area contributed by atoms with Crippen LogP contribution in [0.4, 0.5) is 10.1 Å². The zero-order chi connectivity index (χ0) is 19.6. The highest BCUT2D eigenvalue weighted by molar-refractivity contribution is 8.13. The largest absolute Gasteiger partial charge is 0.379 e. The van der Waals surface area contributed by atoms with Crippen molar-refractivity contribution < 1.29 is 14.0 Å². The van der Waals surface area contributed by atoms with Crippen molar-refractivity contribution in [2.45, 2.75) is 38.6 Å². The molecule has 0 saturated carbocycles. The molecule has 0 bridgehead atoms. The van der Waals surface area contributed by atoms with Gasteiger partial charge in [-0.15, -0.1) is 0 Å². The second-order valence-electron chi connectivity index (χ2n) is 7.29. The number of hydrogen-bond acceptors (Lipinski definition) is 5. The number of aliphatic imine (C=N–C) groups is 1. The monoisotopic (exact) mass is 392 g/mol. The summed E-state index contributed by atoms with van der Waals surface area (Å²) in [4.78, 5) is 30.2. The Hall–Kier alpha value is -2.09. The number of halogens is 1. The fraction of sp³-hybridized carbons (Fsp3) is 0.526. The highest BCUT2D eigenvalue weighted by atomic mass is 32.2. The van der Waals surface area contributed by atoms with Crippen molar-refractivity contribution in [1.82, 2.24) is 4.90 Å². The van der Waals surface area contributed by atoms with Gasteiger partial charge in [0.1, 0.15) is 5.82 Å². The number of anilines is 1. The van der Waals surface area contributed by atoms with E-state index in [4.69, 9.17) is 5.73 Å². The van der Waals surface area contributed by atoms with E-state index in [0.29, 0.717) is 48.8 Å². The van der Waals surface area contributed by atoms with Crippen molar-refractivity contribution in [3.8, 4) is 0 Å². The van der Waals surface area contributed by atoms with Gasteiger partial charge in [0.05, 0.1) is 5.54 Å². The lowest BCUT2D eigenvalue weighted by atomic mass is 9.89. The zero-order valence-electron chi connectivity index (χ0n) is 15.6. The van der Waals surface area contributed by atoms with Gasteiger partial charge in [-0.2, -0.15) is 0 Å². The first-order chi connectivity index (χ1) is 12.8. The van der Waals surface area contributed by atoms with Gasteiger partial charge >= 0.3 is 0 Å². The Bertz CT molecular complexity index is 777. The Kier molecular flexibility index (Phi) is 5.74. The molecule has 1 atom stereocenters. The molecule has 2 amide bonds. The molecule has 1 fully saturated rings. The zero-order valence-corrected chi connectivity index (χ0v) is 16.4. The molecule has 2 heterocycles. The Morgan fingerprint density at radius 3 is 2.70 bits per heavy atom. The molecule has 1 aromatic rings. The number of amides is 2. The molecule has 1 aromatic carbocycles. The van der Waals surface area contributed by atoms with E-state index >= 15 is 0 Å². The minimum Gasteiger partial charge on any atom is -0.379 e. The van der Waals surface area contributed by atoms with Gasteiger partial charge in [-0.05, 0) is 44.4 Å². The van der Waals surface area contributed by atoms with Crippen LogP contribution in [0.15, 0.2) is 23.2 Å². The van der Waals surface area contributed by atoms with Gasteiger partial charge in [0.15, 0.2) is 5.17 Å². The lowest BCUT2D eigenvalue weighted by Crippen LogP contribution is -2.40. The number of likely N-dealkylation sites (tertiary alicyclic amines) is 1. The molecular formula is C19H25FN4O2S. The van der Waals surface area contributed by atoms with E-state index in [2.05, 4.69) is 10.3 Å². The fourth-order valence-corrected chi connectivity index (χ4v) is 4.57. The first kappa shape index (κ1) is 19.7. The van der Waals surface area contributed by atoms with Crippen LogP contribution in [0.3, 0.4) is 0 Å². The molecular weight excluding hydrogens is 367 g/mol. The average molecular weight is 393 g/mol. The van der Waals surface area contributed by atoms with Crippen LogP contribution in [0.25, 0.3) is 0 Å². The summed E-state index contributed by atoms with van der Waals surface area (Å²) in [6, 6.07) is 4.59. The molecule has 3 rings (SSSR count). The lowest BCUT2D eigenvalue weighted by Gasteiger charge is -2.31. The summed E-state index contributed by atoms with van der Waals surface area (Å²) in [7, 11) is 0. The van der Waals surface area contributed by atoms with Crippen molar-refractivity contribution >= 4 is 34.4 Å². The number of piperidine rings is 1. The molecule has 1 saturated heterocycles. The molecule has 6 nitrogen and oxygen atoms in total. The molecule has 0 aliphatic carbocycles. The Balaban J connectivity index is 1.72. The standard InChI is InChI=1S/C19H25FN4O2S/c1-12(25)24-8-5-13(6-9-24)17(26)22-14-3-4-16(20)15(11-14)19(2)7-10-27-18(21)23-19/h3-4,11,13H,5-10H2,1-2H3,(H2,21,23)(H,22,26). The number of benzene rings is 1. The number of amidine groups is 1. The van der Waals surface area contributed by atoms with E-state index in [9.17, 15) is 14.0 Å². The molecule has 1 unspecified atom stereocenters. The Labute approximate surface area is 162 Å². The van der Waals surface area contributed by atoms with Gasteiger partial charge in [-0.1, -0.05) is 11.8 Å². The molecule has 3 N–H and O–H groups in total. The molecule has 0 aromatic heterocycles. The minimum atomic E-state index is -0.729. The first-order valence-corrected chi connectivity index (χ1v) is 10.1. The number of carbonyl (C=O) groups is 2. The summed E-state index contributed by atoms with van der Waals surface area (Å²) < 4.78 is 14.5. The number of nitrogens with two attached hydrogens (primary N) is 1. The number of nitrogens with zero attached hydrogens (tertiary/aromatic N) is 2. The molecule has 2 aliphatic rings. The van der Waals surface area contributed by atoms with Gasteiger partial charge in [0, 0.05) is 42.9 Å². The highest BCUT2D eigenvalue weighted by Crippen LogP contribution is 2.37. The summed E-state index contributed by atoms with van der Waals surface area (Å²) in [5.41, 5.74) is 6.10.